The molecular weight excluding hydrogens is 727 g/mol. The fourth-order valence-corrected chi connectivity index (χ4v) is 7.61. The van der Waals surface area contributed by atoms with Gasteiger partial charge in [-0.2, -0.15) is 0 Å². The lowest BCUT2D eigenvalue weighted by molar-refractivity contribution is -0.162. The molecule has 2 unspecified atom stereocenters. The molecule has 5 rings (SSSR count). The molecule has 284 valence electrons. The summed E-state index contributed by atoms with van der Waals surface area (Å²) in [5.41, 5.74) is 6.67. The van der Waals surface area contributed by atoms with Crippen molar-refractivity contribution in [3.8, 4) is 5.75 Å². The average molecular weight is 770 g/mol. The van der Waals surface area contributed by atoms with Gasteiger partial charge in [-0.05, 0) is 42.7 Å². The quantitative estimate of drug-likeness (QED) is 0.255. The SMILES string of the molecule is CCOC(=O)[C@H](Oc1ccc(CN2CC(=O)N3CCN(C(=O)C4SCCN4C(=O)C[C@H](N)Cc4cc(F)c(F)cc4F)CC3C2=O)cc1)C(C)C.Cl. The number of esters is 1. The molecule has 0 radical (unpaired) electrons. The molecule has 0 aromatic heterocycles. The van der Waals surface area contributed by atoms with Gasteiger partial charge in [-0.25, -0.2) is 18.0 Å². The van der Waals surface area contributed by atoms with Gasteiger partial charge in [0.05, 0.1) is 13.2 Å². The van der Waals surface area contributed by atoms with Gasteiger partial charge < -0.3 is 34.8 Å². The molecule has 17 heteroatoms. The molecule has 0 saturated carbocycles. The van der Waals surface area contributed by atoms with Crippen LogP contribution in [0.15, 0.2) is 36.4 Å². The zero-order chi connectivity index (χ0) is 37.0. The third-order valence-electron chi connectivity index (χ3n) is 9.05. The van der Waals surface area contributed by atoms with Crippen molar-refractivity contribution in [2.24, 2.45) is 11.7 Å². The van der Waals surface area contributed by atoms with Crippen molar-refractivity contribution in [2.45, 2.75) is 63.7 Å². The zero-order valence-corrected chi connectivity index (χ0v) is 30.7. The number of rotatable bonds is 12. The van der Waals surface area contributed by atoms with Crippen LogP contribution >= 0.6 is 24.2 Å². The molecule has 0 spiro atoms. The van der Waals surface area contributed by atoms with Crippen molar-refractivity contribution in [3.05, 3.63) is 65.0 Å². The van der Waals surface area contributed by atoms with Gasteiger partial charge in [0, 0.05) is 56.4 Å². The Morgan fingerprint density at radius 3 is 2.37 bits per heavy atom. The van der Waals surface area contributed by atoms with Gasteiger partial charge in [-0.15, -0.1) is 24.2 Å². The van der Waals surface area contributed by atoms with Crippen LogP contribution in [0.3, 0.4) is 0 Å². The van der Waals surface area contributed by atoms with E-state index >= 15 is 0 Å². The van der Waals surface area contributed by atoms with Gasteiger partial charge in [0.2, 0.25) is 17.7 Å². The van der Waals surface area contributed by atoms with Crippen molar-refractivity contribution in [2.75, 3.05) is 45.1 Å². The Morgan fingerprint density at radius 2 is 1.69 bits per heavy atom. The van der Waals surface area contributed by atoms with Crippen LogP contribution in [-0.4, -0.2) is 118 Å². The molecule has 2 aromatic rings. The maximum Gasteiger partial charge on any atom is 0.347 e. The molecule has 4 atom stereocenters. The molecule has 4 amide bonds. The van der Waals surface area contributed by atoms with Gasteiger partial charge in [-0.1, -0.05) is 26.0 Å². The minimum Gasteiger partial charge on any atom is -0.478 e. The van der Waals surface area contributed by atoms with Crippen LogP contribution in [0.1, 0.15) is 38.3 Å². The van der Waals surface area contributed by atoms with E-state index in [1.165, 1.54) is 31.4 Å². The van der Waals surface area contributed by atoms with Crippen molar-refractivity contribution in [3.63, 3.8) is 0 Å². The second-order valence-corrected chi connectivity index (χ2v) is 14.3. The number of fused-ring (bicyclic) bond motifs is 1. The van der Waals surface area contributed by atoms with Crippen molar-refractivity contribution in [1.82, 2.24) is 19.6 Å². The molecule has 3 saturated heterocycles. The van der Waals surface area contributed by atoms with Crippen molar-refractivity contribution in [1.29, 1.82) is 0 Å². The highest BCUT2D eigenvalue weighted by Gasteiger charge is 2.46. The lowest BCUT2D eigenvalue weighted by atomic mass is 10.0. The summed E-state index contributed by atoms with van der Waals surface area (Å²) in [5, 5.41) is -0.874. The molecule has 0 bridgehead atoms. The van der Waals surface area contributed by atoms with E-state index < -0.39 is 52.9 Å². The van der Waals surface area contributed by atoms with Crippen LogP contribution in [0.5, 0.6) is 5.75 Å². The van der Waals surface area contributed by atoms with Gasteiger partial charge in [0.25, 0.3) is 5.91 Å². The number of hydrogen-bond donors (Lipinski definition) is 1. The van der Waals surface area contributed by atoms with Crippen LogP contribution in [0.25, 0.3) is 0 Å². The summed E-state index contributed by atoms with van der Waals surface area (Å²) in [7, 11) is 0. The van der Waals surface area contributed by atoms with Crippen LogP contribution in [0.4, 0.5) is 13.2 Å². The Hall–Kier alpha value is -4.02. The number of thioether (sulfide) groups is 1. The molecule has 3 fully saturated rings. The van der Waals surface area contributed by atoms with Crippen molar-refractivity contribution >= 4 is 53.8 Å². The molecular formula is C35H43ClF3N5O7S. The normalized spacial score (nSPS) is 20.0. The molecule has 0 aliphatic carbocycles. The summed E-state index contributed by atoms with van der Waals surface area (Å²) >= 11 is 1.27. The van der Waals surface area contributed by atoms with E-state index in [-0.39, 0.29) is 100 Å². The summed E-state index contributed by atoms with van der Waals surface area (Å²) < 4.78 is 52.1. The Bertz CT molecular complexity index is 1660. The third-order valence-corrected chi connectivity index (χ3v) is 10.2. The predicted octanol–water partition coefficient (Wildman–Crippen LogP) is 2.74. The average Bonchev–Trinajstić information content (AvgIpc) is 3.59. The molecule has 3 heterocycles. The highest BCUT2D eigenvalue weighted by molar-refractivity contribution is 8.00. The molecule has 2 N–H and O–H groups in total. The minimum absolute atomic E-state index is 0. The van der Waals surface area contributed by atoms with Gasteiger partial charge >= 0.3 is 5.97 Å². The first-order valence-corrected chi connectivity index (χ1v) is 17.9. The maximum absolute atomic E-state index is 14.1. The Labute approximate surface area is 310 Å². The van der Waals surface area contributed by atoms with E-state index in [4.69, 9.17) is 15.2 Å². The lowest BCUT2D eigenvalue weighted by Crippen LogP contribution is -2.68. The number of carbonyl (C=O) groups is 5. The number of amides is 4. The molecule has 3 aliphatic heterocycles. The minimum atomic E-state index is -1.32. The van der Waals surface area contributed by atoms with E-state index in [1.807, 2.05) is 13.8 Å². The van der Waals surface area contributed by atoms with Gasteiger partial charge in [0.1, 0.15) is 24.2 Å². The van der Waals surface area contributed by atoms with Crippen LogP contribution < -0.4 is 10.5 Å². The summed E-state index contributed by atoms with van der Waals surface area (Å²) in [6, 6.07) is 6.22. The number of halogens is 4. The number of nitrogens with two attached hydrogens (primary N) is 1. The van der Waals surface area contributed by atoms with Crippen LogP contribution in [0, 0.1) is 23.4 Å². The molecule has 2 aromatic carbocycles. The first-order chi connectivity index (χ1) is 24.3. The largest absolute Gasteiger partial charge is 0.478 e. The Morgan fingerprint density at radius 1 is 1.00 bits per heavy atom. The monoisotopic (exact) mass is 769 g/mol. The standard InChI is InChI=1S/C35H42F3N5O7S.ClH/c1-4-49-35(48)31(20(2)3)50-24-7-5-21(6-8-24)17-41-19-30(45)42-10-9-40(18-28(42)32(41)46)33(47)34-43(11-12-51-34)29(44)15-23(39)13-22-14-26(37)27(38)16-25(22)36;/h5-8,14,16,20,23,28,31,34H,4,9-13,15,17-19,39H2,1-3H3;1H/t23-,28?,31-,34?;/m1./s1. The highest BCUT2D eigenvalue weighted by Crippen LogP contribution is 2.29. The second-order valence-electron chi connectivity index (χ2n) is 13.1. The Balaban J connectivity index is 0.00000605. The second kappa shape index (κ2) is 17.7. The summed E-state index contributed by atoms with van der Waals surface area (Å²) in [5.74, 6) is -4.52. The van der Waals surface area contributed by atoms with E-state index in [0.29, 0.717) is 23.6 Å². The number of hydrogen-bond acceptors (Lipinski definition) is 9. The topological polar surface area (TPSA) is 143 Å². The highest BCUT2D eigenvalue weighted by atomic mass is 35.5. The fourth-order valence-electron chi connectivity index (χ4n) is 6.39. The van der Waals surface area contributed by atoms with Gasteiger partial charge in [0.15, 0.2) is 23.1 Å². The molecule has 3 aliphatic rings. The third kappa shape index (κ3) is 9.31. The van der Waals surface area contributed by atoms with E-state index in [1.54, 1.807) is 31.2 Å². The van der Waals surface area contributed by atoms with Crippen LogP contribution in [-0.2, 0) is 41.7 Å². The van der Waals surface area contributed by atoms with Crippen LogP contribution in [0.2, 0.25) is 0 Å². The van der Waals surface area contributed by atoms with E-state index in [9.17, 15) is 37.1 Å². The summed E-state index contributed by atoms with van der Waals surface area (Å²) in [6.45, 7) is 6.27. The first kappa shape index (κ1) is 40.7. The Kier molecular flexibility index (Phi) is 13.8. The molecule has 12 nitrogen and oxygen atoms in total. The number of carbonyl (C=O) groups excluding carboxylic acids is 5. The fraction of sp³-hybridized carbons (Fsp3) is 0.514. The van der Waals surface area contributed by atoms with E-state index in [0.717, 1.165) is 5.56 Å². The van der Waals surface area contributed by atoms with Gasteiger partial charge in [-0.3, -0.25) is 19.2 Å². The maximum atomic E-state index is 14.1. The number of piperazine rings is 2. The predicted molar refractivity (Wildman–Crippen MR) is 188 cm³/mol. The van der Waals surface area contributed by atoms with Crippen molar-refractivity contribution < 1.29 is 46.6 Å². The van der Waals surface area contributed by atoms with E-state index in [2.05, 4.69) is 0 Å². The summed E-state index contributed by atoms with van der Waals surface area (Å²) in [4.78, 5) is 71.9. The summed E-state index contributed by atoms with van der Waals surface area (Å²) in [6.07, 6.45) is -1.24. The molecule has 52 heavy (non-hydrogen) atoms. The first-order valence-electron chi connectivity index (χ1n) is 16.9. The number of ether oxygens (including phenoxy) is 2. The smallest absolute Gasteiger partial charge is 0.347 e. The zero-order valence-electron chi connectivity index (χ0n) is 29.1. The lowest BCUT2D eigenvalue weighted by Gasteiger charge is -2.46. The number of nitrogens with zero attached hydrogens (tertiary/aromatic N) is 4. The number of benzene rings is 2.